The summed E-state index contributed by atoms with van der Waals surface area (Å²) in [5.41, 5.74) is 3.15. The van der Waals surface area contributed by atoms with Crippen LogP contribution in [0.25, 0.3) is 6.08 Å². The maximum atomic E-state index is 13.7. The van der Waals surface area contributed by atoms with Crippen molar-refractivity contribution in [2.45, 2.75) is 6.61 Å². The lowest BCUT2D eigenvalue weighted by molar-refractivity contribution is -0.113. The Morgan fingerprint density at radius 1 is 1.03 bits per heavy atom. The molecule has 1 saturated heterocycles. The summed E-state index contributed by atoms with van der Waals surface area (Å²) in [5.74, 6) is 0.193. The van der Waals surface area contributed by atoms with Gasteiger partial charge in [-0.1, -0.05) is 54.3 Å². The second kappa shape index (κ2) is 9.54. The highest BCUT2D eigenvalue weighted by Crippen LogP contribution is 2.36. The molecule has 0 bridgehead atoms. The van der Waals surface area contributed by atoms with E-state index in [1.165, 1.54) is 17.8 Å². The first-order chi connectivity index (χ1) is 15.4. The third-order valence-corrected chi connectivity index (χ3v) is 6.25. The molecule has 1 heterocycles. The normalized spacial score (nSPS) is 14.8. The van der Waals surface area contributed by atoms with Crippen molar-refractivity contribution in [1.29, 1.82) is 0 Å². The Bertz CT molecular complexity index is 1180. The van der Waals surface area contributed by atoms with Gasteiger partial charge in [0.15, 0.2) is 4.32 Å². The molecule has 7 heteroatoms. The van der Waals surface area contributed by atoms with Crippen LogP contribution in [-0.2, 0) is 11.4 Å². The van der Waals surface area contributed by atoms with Gasteiger partial charge in [-0.25, -0.2) is 4.39 Å². The Morgan fingerprint density at radius 3 is 2.38 bits per heavy atom. The topological polar surface area (TPSA) is 32.8 Å². The van der Waals surface area contributed by atoms with Crippen LogP contribution in [0, 0.1) is 5.82 Å². The van der Waals surface area contributed by atoms with Crippen molar-refractivity contribution in [3.63, 3.8) is 0 Å². The lowest BCUT2D eigenvalue weighted by Gasteiger charge is -2.17. The molecule has 3 aromatic carbocycles. The van der Waals surface area contributed by atoms with E-state index in [2.05, 4.69) is 0 Å². The van der Waals surface area contributed by atoms with Gasteiger partial charge in [0.05, 0.1) is 10.6 Å². The number of carbonyl (C=O) groups excluding carboxylic acids is 1. The minimum Gasteiger partial charge on any atom is -0.489 e. The summed E-state index contributed by atoms with van der Waals surface area (Å²) in [5, 5.41) is 0. The zero-order valence-electron chi connectivity index (χ0n) is 17.6. The first kappa shape index (κ1) is 22.0. The Balaban J connectivity index is 1.45. The van der Waals surface area contributed by atoms with Gasteiger partial charge in [0.1, 0.15) is 18.2 Å². The second-order valence-electron chi connectivity index (χ2n) is 7.38. The molecule has 1 fully saturated rings. The molecule has 32 heavy (non-hydrogen) atoms. The van der Waals surface area contributed by atoms with Gasteiger partial charge in [0, 0.05) is 25.3 Å². The van der Waals surface area contributed by atoms with Gasteiger partial charge in [0.25, 0.3) is 5.91 Å². The van der Waals surface area contributed by atoms with Crippen molar-refractivity contribution in [2.24, 2.45) is 0 Å². The molecule has 0 atom stereocenters. The number of rotatable bonds is 6. The van der Waals surface area contributed by atoms with Crippen LogP contribution in [-0.4, -0.2) is 24.3 Å². The number of anilines is 2. The van der Waals surface area contributed by atoms with Crippen molar-refractivity contribution < 1.29 is 13.9 Å². The molecule has 4 nitrogen and oxygen atoms in total. The number of thioether (sulfide) groups is 1. The van der Waals surface area contributed by atoms with Crippen molar-refractivity contribution >= 4 is 51.7 Å². The van der Waals surface area contributed by atoms with E-state index in [1.54, 1.807) is 35.2 Å². The van der Waals surface area contributed by atoms with Gasteiger partial charge in [0.2, 0.25) is 0 Å². The largest absolute Gasteiger partial charge is 0.489 e. The molecule has 0 unspecified atom stereocenters. The summed E-state index contributed by atoms with van der Waals surface area (Å²) in [6.45, 7) is 0.150. The standard InChI is InChI=1S/C25H21FN2O2S2/c1-27(2)19-9-11-20(12-10-19)28-24(29)23(32-25(28)31)15-17-7-13-21(14-8-17)30-16-18-5-3-4-6-22(18)26/h3-15H,16H2,1-2H3/b23-15+. The van der Waals surface area contributed by atoms with Gasteiger partial charge in [-0.15, -0.1) is 0 Å². The fourth-order valence-electron chi connectivity index (χ4n) is 3.18. The fraction of sp³-hybridized carbons (Fsp3) is 0.120. The van der Waals surface area contributed by atoms with E-state index < -0.39 is 0 Å². The maximum absolute atomic E-state index is 13.7. The third-order valence-electron chi connectivity index (χ3n) is 4.95. The zero-order valence-corrected chi connectivity index (χ0v) is 19.3. The van der Waals surface area contributed by atoms with Gasteiger partial charge in [-0.3, -0.25) is 9.69 Å². The third kappa shape index (κ3) is 4.84. The minimum atomic E-state index is -0.289. The highest BCUT2D eigenvalue weighted by Gasteiger charge is 2.33. The number of halogens is 1. The number of amides is 1. The highest BCUT2D eigenvalue weighted by atomic mass is 32.2. The molecule has 0 aliphatic carbocycles. The van der Waals surface area contributed by atoms with Crippen molar-refractivity contribution in [1.82, 2.24) is 0 Å². The van der Waals surface area contributed by atoms with Crippen LogP contribution in [0.5, 0.6) is 5.75 Å². The van der Waals surface area contributed by atoms with Crippen LogP contribution in [0.1, 0.15) is 11.1 Å². The lowest BCUT2D eigenvalue weighted by atomic mass is 10.2. The van der Waals surface area contributed by atoms with Crippen LogP contribution in [0.15, 0.2) is 77.7 Å². The summed E-state index contributed by atoms with van der Waals surface area (Å²) >= 11 is 6.74. The van der Waals surface area contributed by atoms with Crippen LogP contribution < -0.4 is 14.5 Å². The van der Waals surface area contributed by atoms with Gasteiger partial charge >= 0.3 is 0 Å². The Labute approximate surface area is 196 Å². The van der Waals surface area contributed by atoms with Crippen molar-refractivity contribution in [3.8, 4) is 5.75 Å². The Morgan fingerprint density at radius 2 is 1.72 bits per heavy atom. The summed E-state index contributed by atoms with van der Waals surface area (Å²) in [6, 6.07) is 21.5. The predicted molar refractivity (Wildman–Crippen MR) is 134 cm³/mol. The summed E-state index contributed by atoms with van der Waals surface area (Å²) in [7, 11) is 3.93. The van der Waals surface area contributed by atoms with Gasteiger partial charge < -0.3 is 9.64 Å². The predicted octanol–water partition coefficient (Wildman–Crippen LogP) is 5.88. The van der Waals surface area contributed by atoms with Crippen LogP contribution in [0.4, 0.5) is 15.8 Å². The minimum absolute atomic E-state index is 0.141. The molecular weight excluding hydrogens is 443 g/mol. The van der Waals surface area contributed by atoms with Crippen LogP contribution >= 0.6 is 24.0 Å². The van der Waals surface area contributed by atoms with Gasteiger partial charge in [-0.2, -0.15) is 0 Å². The summed E-state index contributed by atoms with van der Waals surface area (Å²) in [6.07, 6.45) is 1.81. The average Bonchev–Trinajstić information content (AvgIpc) is 3.07. The van der Waals surface area contributed by atoms with Crippen LogP contribution in [0.2, 0.25) is 0 Å². The number of ether oxygens (including phenoxy) is 1. The molecule has 1 amide bonds. The van der Waals surface area contributed by atoms with Gasteiger partial charge in [-0.05, 0) is 54.1 Å². The summed E-state index contributed by atoms with van der Waals surface area (Å²) in [4.78, 5) is 17.1. The van der Waals surface area contributed by atoms with E-state index in [0.29, 0.717) is 20.5 Å². The highest BCUT2D eigenvalue weighted by molar-refractivity contribution is 8.27. The summed E-state index contributed by atoms with van der Waals surface area (Å²) < 4.78 is 19.9. The molecule has 0 spiro atoms. The molecular formula is C25H21FN2O2S2. The van der Waals surface area contributed by atoms with E-state index >= 15 is 0 Å². The molecule has 4 rings (SSSR count). The van der Waals surface area contributed by atoms with Crippen molar-refractivity contribution in [3.05, 3.63) is 94.6 Å². The number of carbonyl (C=O) groups is 1. The number of nitrogens with zero attached hydrogens (tertiary/aromatic N) is 2. The Hall–Kier alpha value is -3.16. The van der Waals surface area contributed by atoms with Crippen LogP contribution in [0.3, 0.4) is 0 Å². The molecule has 3 aromatic rings. The number of hydrogen-bond acceptors (Lipinski definition) is 5. The van der Waals surface area contributed by atoms with E-state index in [-0.39, 0.29) is 18.3 Å². The van der Waals surface area contributed by atoms with E-state index in [0.717, 1.165) is 16.9 Å². The molecule has 0 radical (unpaired) electrons. The molecule has 162 valence electrons. The smallest absolute Gasteiger partial charge is 0.270 e. The quantitative estimate of drug-likeness (QED) is 0.336. The van der Waals surface area contributed by atoms with E-state index in [1.807, 2.05) is 61.5 Å². The van der Waals surface area contributed by atoms with E-state index in [4.69, 9.17) is 17.0 Å². The first-order valence-corrected chi connectivity index (χ1v) is 11.2. The molecule has 0 aromatic heterocycles. The fourth-order valence-corrected chi connectivity index (χ4v) is 4.48. The number of benzene rings is 3. The molecule has 0 N–H and O–H groups in total. The van der Waals surface area contributed by atoms with E-state index in [9.17, 15) is 9.18 Å². The molecule has 0 saturated carbocycles. The first-order valence-electron chi connectivity index (χ1n) is 9.94. The maximum Gasteiger partial charge on any atom is 0.270 e. The monoisotopic (exact) mass is 464 g/mol. The SMILES string of the molecule is CN(C)c1ccc(N2C(=O)/C(=C\c3ccc(OCc4ccccc4F)cc3)SC2=S)cc1. The lowest BCUT2D eigenvalue weighted by Crippen LogP contribution is -2.27. The van der Waals surface area contributed by atoms with Crippen molar-refractivity contribution in [2.75, 3.05) is 23.9 Å². The number of hydrogen-bond donors (Lipinski definition) is 0. The molecule has 1 aliphatic heterocycles. The molecule has 1 aliphatic rings. The number of thiocarbonyl (C=S) groups is 1. The zero-order chi connectivity index (χ0) is 22.7. The average molecular weight is 465 g/mol. The Kier molecular flexibility index (Phi) is 6.58. The second-order valence-corrected chi connectivity index (χ2v) is 9.05.